The fraction of sp³-hybridized carbons (Fsp3) is 0.857. The molecular weight excluding hydrogens is 244 g/mol. The molecule has 2 N–H and O–H groups in total. The Hall–Kier alpha value is -1.10. The minimum absolute atomic E-state index is 0.0142. The zero-order valence-corrected chi connectivity index (χ0v) is 11.7. The van der Waals surface area contributed by atoms with Gasteiger partial charge in [0.1, 0.15) is 0 Å². The first-order valence-corrected chi connectivity index (χ1v) is 7.25. The fourth-order valence-electron chi connectivity index (χ4n) is 3.19. The van der Waals surface area contributed by atoms with Gasteiger partial charge in [-0.2, -0.15) is 0 Å². The number of likely N-dealkylation sites (tertiary alicyclic amines) is 1. The quantitative estimate of drug-likeness (QED) is 0.790. The van der Waals surface area contributed by atoms with Gasteiger partial charge in [-0.05, 0) is 25.7 Å². The van der Waals surface area contributed by atoms with Crippen LogP contribution in [0.15, 0.2) is 0 Å². The van der Waals surface area contributed by atoms with E-state index in [0.717, 1.165) is 38.5 Å². The summed E-state index contributed by atoms with van der Waals surface area (Å²) in [6, 6.07) is 0. The van der Waals surface area contributed by atoms with Gasteiger partial charge in [0, 0.05) is 25.9 Å². The topological polar surface area (TPSA) is 69.6 Å². The van der Waals surface area contributed by atoms with Crippen LogP contribution < -0.4 is 5.32 Å². The number of hydrogen-bond donors (Lipinski definition) is 2. The molecule has 0 aromatic heterocycles. The van der Waals surface area contributed by atoms with Gasteiger partial charge in [0.25, 0.3) is 0 Å². The van der Waals surface area contributed by atoms with Crippen LogP contribution in [0.25, 0.3) is 0 Å². The summed E-state index contributed by atoms with van der Waals surface area (Å²) in [6.07, 6.45) is 5.36. The van der Waals surface area contributed by atoms with Crippen molar-refractivity contribution >= 4 is 11.8 Å². The van der Waals surface area contributed by atoms with Gasteiger partial charge in [0.15, 0.2) is 0 Å². The predicted octanol–water partition coefficient (Wildman–Crippen LogP) is 0.666. The van der Waals surface area contributed by atoms with E-state index in [1.807, 2.05) is 0 Å². The zero-order chi connectivity index (χ0) is 13.9. The van der Waals surface area contributed by atoms with Gasteiger partial charge in [0.2, 0.25) is 11.8 Å². The predicted molar refractivity (Wildman–Crippen MR) is 71.4 cm³/mol. The molecule has 108 valence electrons. The van der Waals surface area contributed by atoms with Gasteiger partial charge in [-0.25, -0.2) is 0 Å². The molecule has 5 nitrogen and oxygen atoms in total. The van der Waals surface area contributed by atoms with Crippen LogP contribution in [0.5, 0.6) is 0 Å². The van der Waals surface area contributed by atoms with Crippen LogP contribution in [0.3, 0.4) is 0 Å². The first kappa shape index (κ1) is 14.3. The molecule has 0 unspecified atom stereocenters. The number of aliphatic hydroxyl groups excluding tert-OH is 1. The first-order chi connectivity index (χ1) is 9.06. The van der Waals surface area contributed by atoms with Gasteiger partial charge in [-0.3, -0.25) is 9.59 Å². The van der Waals surface area contributed by atoms with Gasteiger partial charge >= 0.3 is 0 Å². The number of hydrogen-bond acceptors (Lipinski definition) is 3. The summed E-state index contributed by atoms with van der Waals surface area (Å²) in [5.41, 5.74) is -0.380. The lowest BCUT2D eigenvalue weighted by molar-refractivity contribution is -0.135. The zero-order valence-electron chi connectivity index (χ0n) is 11.7. The Balaban J connectivity index is 1.86. The SMILES string of the molecule is CC(=O)N1CCC(C(=O)NC2(CO)CCCC2)CC1. The minimum atomic E-state index is -0.380. The average Bonchev–Trinajstić information content (AvgIpc) is 2.88. The lowest BCUT2D eigenvalue weighted by atomic mass is 9.92. The van der Waals surface area contributed by atoms with Crippen molar-refractivity contribution in [2.75, 3.05) is 19.7 Å². The van der Waals surface area contributed by atoms with Crippen molar-refractivity contribution in [1.82, 2.24) is 10.2 Å². The number of amides is 2. The second-order valence-electron chi connectivity index (χ2n) is 5.92. The standard InChI is InChI=1S/C14H24N2O3/c1-11(18)16-8-4-12(5-9-16)13(19)15-14(10-17)6-2-3-7-14/h12,17H,2-10H2,1H3,(H,15,19). The Kier molecular flexibility index (Phi) is 4.45. The van der Waals surface area contributed by atoms with Crippen molar-refractivity contribution < 1.29 is 14.7 Å². The van der Waals surface area contributed by atoms with E-state index in [4.69, 9.17) is 0 Å². The molecule has 1 aliphatic heterocycles. The van der Waals surface area contributed by atoms with E-state index < -0.39 is 0 Å². The van der Waals surface area contributed by atoms with Crippen molar-refractivity contribution in [3.05, 3.63) is 0 Å². The molecule has 2 rings (SSSR count). The Bertz CT molecular complexity index is 343. The third kappa shape index (κ3) is 3.26. The van der Waals surface area contributed by atoms with Crippen molar-refractivity contribution in [1.29, 1.82) is 0 Å². The number of nitrogens with zero attached hydrogens (tertiary/aromatic N) is 1. The minimum Gasteiger partial charge on any atom is -0.394 e. The summed E-state index contributed by atoms with van der Waals surface area (Å²) >= 11 is 0. The average molecular weight is 268 g/mol. The van der Waals surface area contributed by atoms with Crippen molar-refractivity contribution in [3.63, 3.8) is 0 Å². The molecule has 0 aromatic rings. The second-order valence-corrected chi connectivity index (χ2v) is 5.92. The number of piperidine rings is 1. The Labute approximate surface area is 114 Å². The van der Waals surface area contributed by atoms with E-state index in [-0.39, 0.29) is 29.9 Å². The van der Waals surface area contributed by atoms with Crippen LogP contribution in [0, 0.1) is 5.92 Å². The fourth-order valence-corrected chi connectivity index (χ4v) is 3.19. The van der Waals surface area contributed by atoms with Gasteiger partial charge in [0.05, 0.1) is 12.1 Å². The van der Waals surface area contributed by atoms with E-state index in [2.05, 4.69) is 5.32 Å². The smallest absolute Gasteiger partial charge is 0.223 e. The summed E-state index contributed by atoms with van der Waals surface area (Å²) in [7, 11) is 0. The van der Waals surface area contributed by atoms with E-state index in [0.29, 0.717) is 13.1 Å². The summed E-state index contributed by atoms with van der Waals surface area (Å²) in [6.45, 7) is 2.93. The van der Waals surface area contributed by atoms with E-state index in [9.17, 15) is 14.7 Å². The Morgan fingerprint density at radius 2 is 1.84 bits per heavy atom. The molecule has 0 aromatic carbocycles. The second kappa shape index (κ2) is 5.90. The molecule has 0 atom stereocenters. The molecule has 5 heteroatoms. The third-order valence-corrected chi connectivity index (χ3v) is 4.56. The van der Waals surface area contributed by atoms with Gasteiger partial charge < -0.3 is 15.3 Å². The van der Waals surface area contributed by atoms with Gasteiger partial charge in [-0.15, -0.1) is 0 Å². The summed E-state index contributed by atoms with van der Waals surface area (Å²) < 4.78 is 0. The maximum absolute atomic E-state index is 12.3. The highest BCUT2D eigenvalue weighted by atomic mass is 16.3. The summed E-state index contributed by atoms with van der Waals surface area (Å²) in [5.74, 6) is 0.125. The van der Waals surface area contributed by atoms with Gasteiger partial charge in [-0.1, -0.05) is 12.8 Å². The van der Waals surface area contributed by atoms with Crippen LogP contribution in [0.2, 0.25) is 0 Å². The molecule has 0 spiro atoms. The highest BCUT2D eigenvalue weighted by molar-refractivity contribution is 5.80. The molecule has 2 amide bonds. The monoisotopic (exact) mass is 268 g/mol. The number of carbonyl (C=O) groups is 2. The molecule has 19 heavy (non-hydrogen) atoms. The third-order valence-electron chi connectivity index (χ3n) is 4.56. The largest absolute Gasteiger partial charge is 0.394 e. The molecular formula is C14H24N2O3. The Morgan fingerprint density at radius 3 is 2.32 bits per heavy atom. The number of nitrogens with one attached hydrogen (secondary N) is 1. The number of carbonyl (C=O) groups excluding carboxylic acids is 2. The normalized spacial score (nSPS) is 23.4. The van der Waals surface area contributed by atoms with Crippen LogP contribution >= 0.6 is 0 Å². The molecule has 2 fully saturated rings. The first-order valence-electron chi connectivity index (χ1n) is 7.25. The maximum atomic E-state index is 12.3. The van der Waals surface area contributed by atoms with E-state index >= 15 is 0 Å². The molecule has 1 heterocycles. The van der Waals surface area contributed by atoms with Crippen LogP contribution in [0.1, 0.15) is 45.4 Å². The summed E-state index contributed by atoms with van der Waals surface area (Å²) in [4.78, 5) is 25.3. The highest BCUT2D eigenvalue weighted by Gasteiger charge is 2.37. The lowest BCUT2D eigenvalue weighted by Gasteiger charge is -2.34. The van der Waals surface area contributed by atoms with Crippen molar-refractivity contribution in [2.45, 2.75) is 51.0 Å². The lowest BCUT2D eigenvalue weighted by Crippen LogP contribution is -2.52. The number of rotatable bonds is 3. The van der Waals surface area contributed by atoms with E-state index in [1.165, 1.54) is 0 Å². The van der Waals surface area contributed by atoms with E-state index in [1.54, 1.807) is 11.8 Å². The van der Waals surface area contributed by atoms with Crippen LogP contribution in [0.4, 0.5) is 0 Å². The maximum Gasteiger partial charge on any atom is 0.223 e. The molecule has 2 aliphatic rings. The van der Waals surface area contributed by atoms with Crippen molar-refractivity contribution in [3.8, 4) is 0 Å². The highest BCUT2D eigenvalue weighted by Crippen LogP contribution is 2.30. The Morgan fingerprint density at radius 1 is 1.26 bits per heavy atom. The van der Waals surface area contributed by atoms with Crippen LogP contribution in [-0.4, -0.2) is 47.1 Å². The molecule has 1 saturated carbocycles. The van der Waals surface area contributed by atoms with Crippen molar-refractivity contribution in [2.24, 2.45) is 5.92 Å². The molecule has 0 bridgehead atoms. The molecule has 1 aliphatic carbocycles. The molecule has 1 saturated heterocycles. The van der Waals surface area contributed by atoms with Crippen LogP contribution in [-0.2, 0) is 9.59 Å². The number of aliphatic hydroxyl groups is 1. The summed E-state index contributed by atoms with van der Waals surface area (Å²) in [5, 5.41) is 12.6. The molecule has 0 radical (unpaired) electrons.